The van der Waals surface area contributed by atoms with Crippen LogP contribution in [0.15, 0.2) is 36.4 Å². The van der Waals surface area contributed by atoms with Gasteiger partial charge in [0.2, 0.25) is 17.7 Å². The molecule has 5 aliphatic rings. The third kappa shape index (κ3) is 4.89. The minimum absolute atomic E-state index is 0.116. The van der Waals surface area contributed by atoms with Crippen LogP contribution in [-0.4, -0.2) is 77.0 Å². The molecule has 1 aliphatic carbocycles. The van der Waals surface area contributed by atoms with E-state index in [0.717, 1.165) is 45.1 Å². The molecule has 6 atom stereocenters. The number of amides is 3. The molecular weight excluding hydrogens is 516 g/mol. The lowest BCUT2D eigenvalue weighted by Crippen LogP contribution is -2.57. The second kappa shape index (κ2) is 10.9. The van der Waals surface area contributed by atoms with Crippen LogP contribution >= 0.6 is 11.6 Å². The molecule has 4 heterocycles. The second-order valence-electron chi connectivity index (χ2n) is 12.0. The van der Waals surface area contributed by atoms with Gasteiger partial charge in [0.1, 0.15) is 11.6 Å². The van der Waals surface area contributed by atoms with Gasteiger partial charge in [-0.15, -0.1) is 0 Å². The molecule has 4 fully saturated rings. The fourth-order valence-corrected chi connectivity index (χ4v) is 7.74. The van der Waals surface area contributed by atoms with Crippen molar-refractivity contribution in [3.05, 3.63) is 41.4 Å². The first-order valence-electron chi connectivity index (χ1n) is 14.7. The van der Waals surface area contributed by atoms with E-state index in [4.69, 9.17) is 16.3 Å². The number of piperidine rings is 1. The molecule has 2 N–H and O–H groups in total. The number of fused-ring (bicyclic) bond motifs is 1. The van der Waals surface area contributed by atoms with E-state index >= 15 is 0 Å². The molecule has 1 aromatic carbocycles. The van der Waals surface area contributed by atoms with Gasteiger partial charge in [-0.2, -0.15) is 0 Å². The zero-order chi connectivity index (χ0) is 27.1. The van der Waals surface area contributed by atoms with Crippen LogP contribution in [0.5, 0.6) is 0 Å². The van der Waals surface area contributed by atoms with Crippen molar-refractivity contribution in [2.24, 2.45) is 11.8 Å². The van der Waals surface area contributed by atoms with Gasteiger partial charge in [-0.1, -0.05) is 55.5 Å². The molecule has 0 unspecified atom stereocenters. The summed E-state index contributed by atoms with van der Waals surface area (Å²) in [4.78, 5) is 45.9. The van der Waals surface area contributed by atoms with Gasteiger partial charge in [0, 0.05) is 35.9 Å². The number of halogens is 1. The summed E-state index contributed by atoms with van der Waals surface area (Å²) in [5.41, 5.74) is -0.564. The zero-order valence-corrected chi connectivity index (χ0v) is 23.4. The van der Waals surface area contributed by atoms with Crippen molar-refractivity contribution in [2.75, 3.05) is 25.0 Å². The summed E-state index contributed by atoms with van der Waals surface area (Å²) in [5.74, 6) is -2.07. The van der Waals surface area contributed by atoms with Crippen LogP contribution in [0.1, 0.15) is 58.3 Å². The highest BCUT2D eigenvalue weighted by Crippen LogP contribution is 2.55. The van der Waals surface area contributed by atoms with Gasteiger partial charge in [0.05, 0.1) is 17.9 Å². The number of carbonyl (C=O) groups excluding carboxylic acids is 3. The Kier molecular flexibility index (Phi) is 7.46. The van der Waals surface area contributed by atoms with E-state index in [9.17, 15) is 14.4 Å². The number of hydrogen-bond donors (Lipinski definition) is 2. The van der Waals surface area contributed by atoms with Gasteiger partial charge >= 0.3 is 0 Å². The Balaban J connectivity index is 1.27. The fourth-order valence-electron chi connectivity index (χ4n) is 7.55. The van der Waals surface area contributed by atoms with Crippen LogP contribution in [0.4, 0.5) is 5.69 Å². The molecule has 1 spiro atoms. The standard InChI is InChI=1S/C30H39ClN4O4/c1-19-8-5-6-15-34(19)16-17-35-26(28(37)32-21-10-3-2-4-11-21)30-14-13-23(39-30)24(25(30)29(35)38)27(36)33-22-12-7-9-20(31)18-22/h7,9,12-14,18-19,21,23-26H,2-6,8,10-11,15-17H2,1H3,(H,32,37)(H,33,36)/t19-,23+,24+,25+,26-,30+/m1/s1. The molecule has 9 heteroatoms. The maximum atomic E-state index is 14.2. The first-order valence-corrected chi connectivity index (χ1v) is 15.0. The van der Waals surface area contributed by atoms with Gasteiger partial charge in [-0.05, 0) is 57.4 Å². The maximum absolute atomic E-state index is 14.2. The molecule has 6 rings (SSSR count). The zero-order valence-electron chi connectivity index (χ0n) is 22.6. The fraction of sp³-hybridized carbons (Fsp3) is 0.633. The minimum Gasteiger partial charge on any atom is -0.359 e. The van der Waals surface area contributed by atoms with Crippen LogP contribution < -0.4 is 10.6 Å². The van der Waals surface area contributed by atoms with E-state index in [-0.39, 0.29) is 23.8 Å². The van der Waals surface area contributed by atoms with Crippen molar-refractivity contribution in [1.82, 2.24) is 15.1 Å². The highest BCUT2D eigenvalue weighted by molar-refractivity contribution is 6.30. The Morgan fingerprint density at radius 2 is 1.87 bits per heavy atom. The number of likely N-dealkylation sites (tertiary alicyclic amines) is 2. The van der Waals surface area contributed by atoms with Gasteiger partial charge < -0.3 is 20.3 Å². The lowest BCUT2D eigenvalue weighted by atomic mass is 9.74. The van der Waals surface area contributed by atoms with Crippen LogP contribution in [-0.2, 0) is 19.1 Å². The summed E-state index contributed by atoms with van der Waals surface area (Å²) in [6.07, 6.45) is 12.0. The predicted octanol–water partition coefficient (Wildman–Crippen LogP) is 3.75. The Morgan fingerprint density at radius 1 is 1.08 bits per heavy atom. The van der Waals surface area contributed by atoms with Crippen molar-refractivity contribution < 1.29 is 19.1 Å². The number of anilines is 1. The molecule has 39 heavy (non-hydrogen) atoms. The molecule has 3 amide bonds. The van der Waals surface area contributed by atoms with Crippen molar-refractivity contribution in [3.8, 4) is 0 Å². The van der Waals surface area contributed by atoms with Crippen LogP contribution in [0, 0.1) is 11.8 Å². The molecule has 210 valence electrons. The molecule has 0 radical (unpaired) electrons. The number of rotatable bonds is 7. The van der Waals surface area contributed by atoms with E-state index in [1.54, 1.807) is 29.2 Å². The average Bonchev–Trinajstić information content (AvgIpc) is 3.56. The van der Waals surface area contributed by atoms with Crippen molar-refractivity contribution in [2.45, 2.75) is 88.1 Å². The second-order valence-corrected chi connectivity index (χ2v) is 12.4. The van der Waals surface area contributed by atoms with E-state index in [1.165, 1.54) is 12.8 Å². The number of nitrogens with one attached hydrogen (secondary N) is 2. The smallest absolute Gasteiger partial charge is 0.246 e. The number of ether oxygens (including phenoxy) is 1. The first kappa shape index (κ1) is 26.8. The SMILES string of the molecule is C[C@@H]1CCCCN1CCN1C(=O)[C@@H]2[C@@H](C(=O)Nc3cccc(Cl)c3)[C@@H]3C=C[C@@]2(O3)[C@H]1C(=O)NC1CCCCC1. The predicted molar refractivity (Wildman–Crippen MR) is 149 cm³/mol. The highest BCUT2D eigenvalue weighted by Gasteiger charge is 2.72. The maximum Gasteiger partial charge on any atom is 0.246 e. The molecule has 2 bridgehead atoms. The van der Waals surface area contributed by atoms with E-state index in [1.807, 2.05) is 12.2 Å². The Hall–Kier alpha value is -2.42. The minimum atomic E-state index is -1.13. The molecule has 4 aliphatic heterocycles. The third-order valence-corrected chi connectivity index (χ3v) is 9.77. The van der Waals surface area contributed by atoms with E-state index in [2.05, 4.69) is 22.5 Å². The number of nitrogens with zero attached hydrogens (tertiary/aromatic N) is 2. The summed E-state index contributed by atoms with van der Waals surface area (Å²) >= 11 is 6.13. The summed E-state index contributed by atoms with van der Waals surface area (Å²) in [5, 5.41) is 6.72. The average molecular weight is 555 g/mol. The lowest BCUT2D eigenvalue weighted by Gasteiger charge is -2.37. The topological polar surface area (TPSA) is 91.0 Å². The number of benzene rings is 1. The molecule has 8 nitrogen and oxygen atoms in total. The molecule has 1 aromatic rings. The van der Waals surface area contributed by atoms with Gasteiger partial charge in [0.15, 0.2) is 0 Å². The van der Waals surface area contributed by atoms with Crippen LogP contribution in [0.2, 0.25) is 5.02 Å². The summed E-state index contributed by atoms with van der Waals surface area (Å²) < 4.78 is 6.48. The van der Waals surface area contributed by atoms with Gasteiger partial charge in [-0.3, -0.25) is 19.3 Å². The van der Waals surface area contributed by atoms with Crippen molar-refractivity contribution in [3.63, 3.8) is 0 Å². The summed E-state index contributed by atoms with van der Waals surface area (Å²) in [7, 11) is 0. The number of hydrogen-bond acceptors (Lipinski definition) is 5. The van der Waals surface area contributed by atoms with E-state index < -0.39 is 29.6 Å². The van der Waals surface area contributed by atoms with Crippen LogP contribution in [0.3, 0.4) is 0 Å². The Labute approximate surface area is 235 Å². The largest absolute Gasteiger partial charge is 0.359 e. The Bertz CT molecular complexity index is 1150. The van der Waals surface area contributed by atoms with Crippen LogP contribution in [0.25, 0.3) is 0 Å². The first-order chi connectivity index (χ1) is 18.9. The molecule has 1 saturated carbocycles. The quantitative estimate of drug-likeness (QED) is 0.501. The Morgan fingerprint density at radius 3 is 2.64 bits per heavy atom. The van der Waals surface area contributed by atoms with Crippen molar-refractivity contribution in [1.29, 1.82) is 0 Å². The molecule has 0 aromatic heterocycles. The summed E-state index contributed by atoms with van der Waals surface area (Å²) in [6, 6.07) is 6.74. The molecular formula is C30H39ClN4O4. The lowest BCUT2D eigenvalue weighted by molar-refractivity contribution is -0.141. The van der Waals surface area contributed by atoms with Gasteiger partial charge in [-0.25, -0.2) is 0 Å². The third-order valence-electron chi connectivity index (χ3n) is 9.54. The summed E-state index contributed by atoms with van der Waals surface area (Å²) in [6.45, 7) is 4.37. The van der Waals surface area contributed by atoms with Crippen molar-refractivity contribution >= 4 is 35.0 Å². The van der Waals surface area contributed by atoms with E-state index in [0.29, 0.717) is 29.8 Å². The molecule has 3 saturated heterocycles. The number of carbonyl (C=O) groups is 3. The normalized spacial score (nSPS) is 34.4. The van der Waals surface area contributed by atoms with Gasteiger partial charge in [0.25, 0.3) is 0 Å². The highest BCUT2D eigenvalue weighted by atomic mass is 35.5. The monoisotopic (exact) mass is 554 g/mol.